The number of carbonyl (C=O) groups is 1. The van der Waals surface area contributed by atoms with E-state index in [9.17, 15) is 13.6 Å². The normalized spacial score (nSPS) is 13.9. The van der Waals surface area contributed by atoms with E-state index in [1.54, 1.807) is 0 Å². The molecule has 3 rings (SSSR count). The number of allylic oxidation sites excluding steroid dienone is 1. The number of carboxylic acids is 1. The molecule has 3 nitrogen and oxygen atoms in total. The van der Waals surface area contributed by atoms with E-state index in [1.165, 1.54) is 16.7 Å². The predicted molar refractivity (Wildman–Crippen MR) is 104 cm³/mol. The van der Waals surface area contributed by atoms with Gasteiger partial charge in [0.05, 0.1) is 0 Å². The zero-order chi connectivity index (χ0) is 20.3. The van der Waals surface area contributed by atoms with Crippen molar-refractivity contribution in [1.82, 2.24) is 0 Å². The summed E-state index contributed by atoms with van der Waals surface area (Å²) in [5.41, 5.74) is 6.15. The third kappa shape index (κ3) is 4.58. The second-order valence-corrected chi connectivity index (χ2v) is 7.31. The average Bonchev–Trinajstić information content (AvgIpc) is 3.10. The SMILES string of the molecule is Cc1ccc(C2=C(COc3c(F)cc(CCC(=O)O)cc3F)CCC2)cc1C. The van der Waals surface area contributed by atoms with Gasteiger partial charge in [-0.2, -0.15) is 0 Å². The summed E-state index contributed by atoms with van der Waals surface area (Å²) >= 11 is 0. The van der Waals surface area contributed by atoms with Crippen LogP contribution in [0, 0.1) is 25.5 Å². The van der Waals surface area contributed by atoms with Crippen LogP contribution >= 0.6 is 0 Å². The molecular weight excluding hydrogens is 362 g/mol. The third-order valence-corrected chi connectivity index (χ3v) is 5.26. The van der Waals surface area contributed by atoms with Crippen molar-refractivity contribution < 1.29 is 23.4 Å². The molecule has 1 aliphatic rings. The quantitative estimate of drug-likeness (QED) is 0.672. The Morgan fingerprint density at radius 2 is 1.79 bits per heavy atom. The van der Waals surface area contributed by atoms with Crippen molar-refractivity contribution in [2.24, 2.45) is 0 Å². The van der Waals surface area contributed by atoms with Crippen LogP contribution < -0.4 is 4.74 Å². The molecule has 0 unspecified atom stereocenters. The molecule has 1 N–H and O–H groups in total. The lowest BCUT2D eigenvalue weighted by atomic mass is 9.98. The van der Waals surface area contributed by atoms with E-state index in [2.05, 4.69) is 32.0 Å². The van der Waals surface area contributed by atoms with Crippen LogP contribution in [0.2, 0.25) is 0 Å². The molecule has 0 spiro atoms. The molecule has 0 amide bonds. The fourth-order valence-electron chi connectivity index (χ4n) is 3.55. The van der Waals surface area contributed by atoms with Crippen molar-refractivity contribution in [3.63, 3.8) is 0 Å². The number of hydrogen-bond acceptors (Lipinski definition) is 2. The maximum Gasteiger partial charge on any atom is 0.303 e. The van der Waals surface area contributed by atoms with Gasteiger partial charge in [0.1, 0.15) is 6.61 Å². The molecule has 0 saturated carbocycles. The van der Waals surface area contributed by atoms with E-state index in [1.807, 2.05) is 0 Å². The molecule has 1 aliphatic carbocycles. The van der Waals surface area contributed by atoms with Crippen LogP contribution in [0.5, 0.6) is 5.75 Å². The number of benzene rings is 2. The van der Waals surface area contributed by atoms with Gasteiger partial charge in [0.25, 0.3) is 0 Å². The van der Waals surface area contributed by atoms with E-state index in [4.69, 9.17) is 9.84 Å². The molecule has 2 aromatic carbocycles. The Kier molecular flexibility index (Phi) is 6.12. The summed E-state index contributed by atoms with van der Waals surface area (Å²) < 4.78 is 34.1. The van der Waals surface area contributed by atoms with E-state index in [0.717, 1.165) is 42.5 Å². The lowest BCUT2D eigenvalue weighted by Crippen LogP contribution is -2.06. The fourth-order valence-corrected chi connectivity index (χ4v) is 3.55. The molecule has 28 heavy (non-hydrogen) atoms. The van der Waals surface area contributed by atoms with Gasteiger partial charge in [0.15, 0.2) is 17.4 Å². The Hall–Kier alpha value is -2.69. The molecule has 5 heteroatoms. The summed E-state index contributed by atoms with van der Waals surface area (Å²) in [4.78, 5) is 10.6. The fraction of sp³-hybridized carbons (Fsp3) is 0.348. The van der Waals surface area contributed by atoms with Crippen LogP contribution in [-0.2, 0) is 11.2 Å². The molecule has 0 heterocycles. The minimum Gasteiger partial charge on any atom is -0.483 e. The van der Waals surface area contributed by atoms with Crippen molar-refractivity contribution in [3.8, 4) is 5.75 Å². The minimum absolute atomic E-state index is 0.0749. The lowest BCUT2D eigenvalue weighted by Gasteiger charge is -2.13. The zero-order valence-corrected chi connectivity index (χ0v) is 16.1. The number of ether oxygens (including phenoxy) is 1. The van der Waals surface area contributed by atoms with Crippen LogP contribution in [0.25, 0.3) is 5.57 Å². The number of hydrogen-bond donors (Lipinski definition) is 1. The number of rotatable bonds is 7. The van der Waals surface area contributed by atoms with Crippen LogP contribution in [0.3, 0.4) is 0 Å². The molecule has 0 aromatic heterocycles. The summed E-state index contributed by atoms with van der Waals surface area (Å²) in [6.07, 6.45) is 2.68. The summed E-state index contributed by atoms with van der Waals surface area (Å²) in [7, 11) is 0. The molecular formula is C23H24F2O3. The van der Waals surface area contributed by atoms with Crippen molar-refractivity contribution in [3.05, 3.63) is 69.8 Å². The number of aryl methyl sites for hydroxylation is 3. The Morgan fingerprint density at radius 1 is 1.07 bits per heavy atom. The maximum atomic E-state index is 14.3. The van der Waals surface area contributed by atoms with Crippen LogP contribution in [0.15, 0.2) is 35.9 Å². The van der Waals surface area contributed by atoms with Gasteiger partial charge in [-0.3, -0.25) is 4.79 Å². The molecule has 0 radical (unpaired) electrons. The van der Waals surface area contributed by atoms with Gasteiger partial charge >= 0.3 is 5.97 Å². The summed E-state index contributed by atoms with van der Waals surface area (Å²) in [5.74, 6) is -3.01. The van der Waals surface area contributed by atoms with Gasteiger partial charge < -0.3 is 9.84 Å². The number of aliphatic carboxylic acids is 1. The highest BCUT2D eigenvalue weighted by Gasteiger charge is 2.19. The molecule has 0 bridgehead atoms. The Bertz CT molecular complexity index is 908. The Morgan fingerprint density at radius 3 is 2.43 bits per heavy atom. The van der Waals surface area contributed by atoms with Gasteiger partial charge in [-0.05, 0) is 85.1 Å². The van der Waals surface area contributed by atoms with Gasteiger partial charge in [0.2, 0.25) is 0 Å². The van der Waals surface area contributed by atoms with Crippen molar-refractivity contribution >= 4 is 11.5 Å². The second kappa shape index (κ2) is 8.55. The first-order valence-corrected chi connectivity index (χ1v) is 9.46. The molecule has 0 saturated heterocycles. The van der Waals surface area contributed by atoms with E-state index >= 15 is 0 Å². The Balaban J connectivity index is 1.77. The van der Waals surface area contributed by atoms with Gasteiger partial charge in [0, 0.05) is 6.42 Å². The second-order valence-electron chi connectivity index (χ2n) is 7.31. The first-order valence-electron chi connectivity index (χ1n) is 9.46. The first-order chi connectivity index (χ1) is 13.3. The van der Waals surface area contributed by atoms with E-state index in [-0.39, 0.29) is 19.4 Å². The first kappa shape index (κ1) is 20.1. The average molecular weight is 386 g/mol. The Labute approximate surface area is 163 Å². The van der Waals surface area contributed by atoms with Gasteiger partial charge in [-0.25, -0.2) is 8.78 Å². The minimum atomic E-state index is -1.01. The number of halogens is 2. The maximum absolute atomic E-state index is 14.3. The standard InChI is InChI=1S/C23H24F2O3/c1-14-6-8-17(10-15(14)2)19-5-3-4-18(19)13-28-23-20(24)11-16(12-21(23)25)7-9-22(26)27/h6,8,10-12H,3-5,7,9,13H2,1-2H3,(H,26,27). The van der Waals surface area contributed by atoms with Crippen LogP contribution in [0.4, 0.5) is 8.78 Å². The highest BCUT2D eigenvalue weighted by atomic mass is 19.1. The van der Waals surface area contributed by atoms with Crippen LogP contribution in [-0.4, -0.2) is 17.7 Å². The zero-order valence-electron chi connectivity index (χ0n) is 16.1. The van der Waals surface area contributed by atoms with Gasteiger partial charge in [-0.15, -0.1) is 0 Å². The van der Waals surface area contributed by atoms with Crippen LogP contribution in [0.1, 0.15) is 47.9 Å². The van der Waals surface area contributed by atoms with E-state index < -0.39 is 23.4 Å². The summed E-state index contributed by atoms with van der Waals surface area (Å²) in [6, 6.07) is 8.61. The monoisotopic (exact) mass is 386 g/mol. The molecule has 0 fully saturated rings. The largest absolute Gasteiger partial charge is 0.483 e. The summed E-state index contributed by atoms with van der Waals surface area (Å²) in [5, 5.41) is 8.71. The topological polar surface area (TPSA) is 46.5 Å². The predicted octanol–water partition coefficient (Wildman–Crippen LogP) is 5.62. The van der Waals surface area contributed by atoms with Gasteiger partial charge in [-0.1, -0.05) is 18.2 Å². The molecule has 0 atom stereocenters. The molecule has 2 aromatic rings. The molecule has 0 aliphatic heterocycles. The lowest BCUT2D eigenvalue weighted by molar-refractivity contribution is -0.136. The van der Waals surface area contributed by atoms with Crippen molar-refractivity contribution in [2.75, 3.05) is 6.61 Å². The number of carboxylic acid groups (broad SMARTS) is 1. The summed E-state index contributed by atoms with van der Waals surface area (Å²) in [6.45, 7) is 4.28. The highest BCUT2D eigenvalue weighted by Crippen LogP contribution is 2.35. The highest BCUT2D eigenvalue weighted by molar-refractivity contribution is 5.71. The third-order valence-electron chi connectivity index (χ3n) is 5.26. The van der Waals surface area contributed by atoms with Crippen molar-refractivity contribution in [2.45, 2.75) is 46.0 Å². The smallest absolute Gasteiger partial charge is 0.303 e. The van der Waals surface area contributed by atoms with E-state index in [0.29, 0.717) is 5.56 Å². The van der Waals surface area contributed by atoms with Crippen molar-refractivity contribution in [1.29, 1.82) is 0 Å². The molecule has 148 valence electrons.